The molecule has 0 radical (unpaired) electrons. The number of carbonyl (C=O) groups excluding carboxylic acids is 2. The number of hydrogen-bond donors (Lipinski definition) is 1. The molecule has 0 saturated heterocycles. The summed E-state index contributed by atoms with van der Waals surface area (Å²) in [7, 11) is 0. The fourth-order valence-electron chi connectivity index (χ4n) is 4.00. The van der Waals surface area contributed by atoms with E-state index in [2.05, 4.69) is 5.32 Å². The van der Waals surface area contributed by atoms with E-state index < -0.39 is 6.04 Å². The summed E-state index contributed by atoms with van der Waals surface area (Å²) >= 11 is 13.6. The van der Waals surface area contributed by atoms with Gasteiger partial charge in [0, 0.05) is 39.7 Å². The molecule has 0 bridgehead atoms. The predicted octanol–water partition coefficient (Wildman–Crippen LogP) is 6.34. The van der Waals surface area contributed by atoms with E-state index in [1.165, 1.54) is 0 Å². The van der Waals surface area contributed by atoms with Crippen molar-refractivity contribution in [3.8, 4) is 0 Å². The summed E-state index contributed by atoms with van der Waals surface area (Å²) in [4.78, 5) is 29.2. The van der Waals surface area contributed by atoms with Crippen molar-refractivity contribution >= 4 is 46.8 Å². The molecular weight excluding hydrogens is 463 g/mol. The van der Waals surface area contributed by atoms with Crippen molar-refractivity contribution < 1.29 is 9.59 Å². The van der Waals surface area contributed by atoms with Crippen molar-refractivity contribution in [1.82, 2.24) is 10.2 Å². The van der Waals surface area contributed by atoms with Gasteiger partial charge in [-0.05, 0) is 61.2 Å². The van der Waals surface area contributed by atoms with Crippen LogP contribution in [-0.2, 0) is 16.1 Å². The first-order valence-electron chi connectivity index (χ1n) is 11.2. The molecule has 0 unspecified atom stereocenters. The van der Waals surface area contributed by atoms with Crippen LogP contribution in [0.25, 0.3) is 0 Å². The first-order valence-corrected chi connectivity index (χ1v) is 12.9. The van der Waals surface area contributed by atoms with Gasteiger partial charge in [-0.25, -0.2) is 0 Å². The van der Waals surface area contributed by atoms with E-state index in [1.54, 1.807) is 16.7 Å². The van der Waals surface area contributed by atoms with E-state index in [-0.39, 0.29) is 17.9 Å². The summed E-state index contributed by atoms with van der Waals surface area (Å²) in [5.41, 5.74) is 0.959. The molecule has 1 fully saturated rings. The maximum atomic E-state index is 13.3. The van der Waals surface area contributed by atoms with Crippen LogP contribution in [0, 0.1) is 0 Å². The number of hydrogen-bond acceptors (Lipinski definition) is 3. The van der Waals surface area contributed by atoms with Gasteiger partial charge in [0.15, 0.2) is 0 Å². The van der Waals surface area contributed by atoms with Gasteiger partial charge in [-0.3, -0.25) is 9.59 Å². The second-order valence-electron chi connectivity index (χ2n) is 8.11. The Hall–Kier alpha value is -1.69. The van der Waals surface area contributed by atoms with Gasteiger partial charge in [-0.1, -0.05) is 55.1 Å². The molecule has 0 aromatic heterocycles. The molecule has 0 aliphatic heterocycles. The standard InChI is InChI=1S/C25H30Cl2N2O2S/c1-2-23(25(31)28-21-5-3-4-6-21)29(17-18-7-9-19(26)10-8-18)24(30)15-16-32-22-13-11-20(27)12-14-22/h7-14,21,23H,2-6,15-17H2,1H3,(H,28,31)/t23-/m0/s1. The minimum absolute atomic E-state index is 0.0187. The first-order chi connectivity index (χ1) is 15.5. The van der Waals surface area contributed by atoms with Crippen LogP contribution in [0.2, 0.25) is 10.0 Å². The third kappa shape index (κ3) is 7.43. The van der Waals surface area contributed by atoms with Gasteiger partial charge < -0.3 is 10.2 Å². The smallest absolute Gasteiger partial charge is 0.243 e. The summed E-state index contributed by atoms with van der Waals surface area (Å²) in [6, 6.07) is 14.8. The lowest BCUT2D eigenvalue weighted by Crippen LogP contribution is -2.51. The molecule has 2 amide bonds. The van der Waals surface area contributed by atoms with E-state index in [1.807, 2.05) is 55.5 Å². The predicted molar refractivity (Wildman–Crippen MR) is 133 cm³/mol. The fourth-order valence-corrected chi connectivity index (χ4v) is 5.10. The maximum absolute atomic E-state index is 13.3. The molecular formula is C25H30Cl2N2O2S. The van der Waals surface area contributed by atoms with Crippen molar-refractivity contribution in [1.29, 1.82) is 0 Å². The molecule has 2 aromatic carbocycles. The summed E-state index contributed by atoms with van der Waals surface area (Å²) in [6.45, 7) is 2.35. The Morgan fingerprint density at radius 1 is 1.03 bits per heavy atom. The molecule has 7 heteroatoms. The Balaban J connectivity index is 1.68. The number of rotatable bonds is 10. The number of nitrogens with zero attached hydrogens (tertiary/aromatic N) is 1. The van der Waals surface area contributed by atoms with Crippen molar-refractivity contribution in [2.24, 2.45) is 0 Å². The lowest BCUT2D eigenvalue weighted by atomic mass is 10.1. The zero-order valence-corrected chi connectivity index (χ0v) is 20.7. The van der Waals surface area contributed by atoms with Gasteiger partial charge in [-0.2, -0.15) is 0 Å². The topological polar surface area (TPSA) is 49.4 Å². The van der Waals surface area contributed by atoms with E-state index in [9.17, 15) is 9.59 Å². The summed E-state index contributed by atoms with van der Waals surface area (Å²) < 4.78 is 0. The van der Waals surface area contributed by atoms with Crippen LogP contribution in [0.3, 0.4) is 0 Å². The fraction of sp³-hybridized carbons (Fsp3) is 0.440. The number of nitrogens with one attached hydrogen (secondary N) is 1. The van der Waals surface area contributed by atoms with Gasteiger partial charge in [0.05, 0.1) is 0 Å². The number of benzene rings is 2. The van der Waals surface area contributed by atoms with E-state index in [0.29, 0.717) is 35.2 Å². The number of halogens is 2. The average Bonchev–Trinajstić information content (AvgIpc) is 3.29. The van der Waals surface area contributed by atoms with Gasteiger partial charge in [0.2, 0.25) is 11.8 Å². The van der Waals surface area contributed by atoms with Crippen molar-refractivity contribution in [2.45, 2.75) is 69.0 Å². The first kappa shape index (κ1) is 24.9. The highest BCUT2D eigenvalue weighted by atomic mass is 35.5. The lowest BCUT2D eigenvalue weighted by Gasteiger charge is -2.31. The molecule has 0 heterocycles. The van der Waals surface area contributed by atoms with Crippen molar-refractivity contribution in [3.05, 3.63) is 64.1 Å². The second kappa shape index (κ2) is 12.5. The third-order valence-electron chi connectivity index (χ3n) is 5.75. The van der Waals surface area contributed by atoms with Crippen LogP contribution in [-0.4, -0.2) is 34.6 Å². The normalized spacial score (nSPS) is 14.8. The highest BCUT2D eigenvalue weighted by Gasteiger charge is 2.30. The van der Waals surface area contributed by atoms with E-state index in [4.69, 9.17) is 23.2 Å². The maximum Gasteiger partial charge on any atom is 0.243 e. The van der Waals surface area contributed by atoms with Crippen LogP contribution >= 0.6 is 35.0 Å². The molecule has 172 valence electrons. The summed E-state index contributed by atoms with van der Waals surface area (Å²) in [5.74, 6) is 0.569. The van der Waals surface area contributed by atoms with Crippen LogP contribution in [0.1, 0.15) is 51.0 Å². The molecule has 1 atom stereocenters. The molecule has 1 aliphatic rings. The highest BCUT2D eigenvalue weighted by molar-refractivity contribution is 7.99. The second-order valence-corrected chi connectivity index (χ2v) is 10.2. The Bertz CT molecular complexity index is 884. The number of carbonyl (C=O) groups is 2. The number of amides is 2. The quantitative estimate of drug-likeness (QED) is 0.393. The van der Waals surface area contributed by atoms with Gasteiger partial charge >= 0.3 is 0 Å². The zero-order valence-electron chi connectivity index (χ0n) is 18.4. The van der Waals surface area contributed by atoms with Crippen LogP contribution in [0.15, 0.2) is 53.4 Å². The van der Waals surface area contributed by atoms with Gasteiger partial charge in [0.25, 0.3) is 0 Å². The summed E-state index contributed by atoms with van der Waals surface area (Å²) in [6.07, 6.45) is 5.26. The van der Waals surface area contributed by atoms with E-state index in [0.717, 1.165) is 36.1 Å². The zero-order chi connectivity index (χ0) is 22.9. The molecule has 1 saturated carbocycles. The highest BCUT2D eigenvalue weighted by Crippen LogP contribution is 2.23. The molecule has 32 heavy (non-hydrogen) atoms. The molecule has 2 aromatic rings. The van der Waals surface area contributed by atoms with E-state index >= 15 is 0 Å². The van der Waals surface area contributed by atoms with Crippen LogP contribution in [0.4, 0.5) is 0 Å². The van der Waals surface area contributed by atoms with Crippen LogP contribution in [0.5, 0.6) is 0 Å². The Kier molecular flexibility index (Phi) is 9.76. The Morgan fingerprint density at radius 2 is 1.62 bits per heavy atom. The monoisotopic (exact) mass is 492 g/mol. The molecule has 1 N–H and O–H groups in total. The Morgan fingerprint density at radius 3 is 2.22 bits per heavy atom. The van der Waals surface area contributed by atoms with Crippen molar-refractivity contribution in [3.63, 3.8) is 0 Å². The van der Waals surface area contributed by atoms with Gasteiger partial charge in [-0.15, -0.1) is 11.8 Å². The molecule has 4 nitrogen and oxygen atoms in total. The van der Waals surface area contributed by atoms with Crippen molar-refractivity contribution in [2.75, 3.05) is 5.75 Å². The lowest BCUT2D eigenvalue weighted by molar-refractivity contribution is -0.141. The van der Waals surface area contributed by atoms with Crippen LogP contribution < -0.4 is 5.32 Å². The number of thioether (sulfide) groups is 1. The molecule has 0 spiro atoms. The molecule has 3 rings (SSSR count). The van der Waals surface area contributed by atoms with Gasteiger partial charge in [0.1, 0.15) is 6.04 Å². The average molecular weight is 494 g/mol. The Labute approximate surface area is 205 Å². The minimum atomic E-state index is -0.487. The largest absolute Gasteiger partial charge is 0.352 e. The SMILES string of the molecule is CC[C@@H](C(=O)NC1CCCC1)N(Cc1ccc(Cl)cc1)C(=O)CCSc1ccc(Cl)cc1. The molecule has 1 aliphatic carbocycles. The minimum Gasteiger partial charge on any atom is -0.352 e. The summed E-state index contributed by atoms with van der Waals surface area (Å²) in [5, 5.41) is 4.52. The third-order valence-corrected chi connectivity index (χ3v) is 7.27.